The van der Waals surface area contributed by atoms with Crippen molar-refractivity contribution in [1.29, 1.82) is 0 Å². The fourth-order valence-electron chi connectivity index (χ4n) is 2.64. The molecular weight excluding hydrogens is 312 g/mol. The second-order valence-electron chi connectivity index (χ2n) is 5.98. The summed E-state index contributed by atoms with van der Waals surface area (Å²) in [7, 11) is 2.02. The number of carbonyl (C=O) groups is 2. The van der Waals surface area contributed by atoms with Gasteiger partial charge in [-0.15, -0.1) is 0 Å². The Morgan fingerprint density at radius 3 is 2.71 bits per heavy atom. The first-order valence-corrected chi connectivity index (χ1v) is 7.91. The van der Waals surface area contributed by atoms with Crippen LogP contribution < -0.4 is 5.32 Å². The predicted octanol–water partition coefficient (Wildman–Crippen LogP) is 0.877. The van der Waals surface area contributed by atoms with E-state index in [9.17, 15) is 19.7 Å². The highest BCUT2D eigenvalue weighted by molar-refractivity contribution is 5.97. The van der Waals surface area contributed by atoms with Crippen LogP contribution in [-0.2, 0) is 4.79 Å². The molecule has 1 unspecified atom stereocenters. The van der Waals surface area contributed by atoms with Crippen LogP contribution in [0, 0.1) is 10.1 Å². The Kier molecular flexibility index (Phi) is 5.86. The summed E-state index contributed by atoms with van der Waals surface area (Å²) in [5, 5.41) is 13.4. The van der Waals surface area contributed by atoms with Crippen molar-refractivity contribution in [2.45, 2.75) is 19.4 Å². The number of rotatable bonds is 4. The summed E-state index contributed by atoms with van der Waals surface area (Å²) in [5.74, 6) is -0.629. The highest BCUT2D eigenvalue weighted by Gasteiger charge is 2.24. The average molecular weight is 334 g/mol. The number of nitrogens with one attached hydrogen (secondary N) is 1. The summed E-state index contributed by atoms with van der Waals surface area (Å²) in [6.07, 6.45) is 0.897. The molecule has 1 aliphatic heterocycles. The molecule has 0 aromatic heterocycles. The first kappa shape index (κ1) is 17.9. The van der Waals surface area contributed by atoms with Gasteiger partial charge < -0.3 is 15.1 Å². The van der Waals surface area contributed by atoms with Crippen LogP contribution in [0.3, 0.4) is 0 Å². The lowest BCUT2D eigenvalue weighted by Crippen LogP contribution is -2.47. The Bertz CT molecular complexity index is 634. The van der Waals surface area contributed by atoms with Crippen LogP contribution in [0.4, 0.5) is 5.69 Å². The van der Waals surface area contributed by atoms with Crippen molar-refractivity contribution in [3.05, 3.63) is 39.9 Å². The predicted molar refractivity (Wildman–Crippen MR) is 88.7 cm³/mol. The number of nitro benzene ring substituents is 1. The van der Waals surface area contributed by atoms with Gasteiger partial charge in [-0.3, -0.25) is 19.7 Å². The zero-order valence-electron chi connectivity index (χ0n) is 13.9. The van der Waals surface area contributed by atoms with Gasteiger partial charge in [0.25, 0.3) is 11.6 Å². The van der Waals surface area contributed by atoms with Crippen LogP contribution in [0.5, 0.6) is 0 Å². The minimum atomic E-state index is -0.680. The minimum absolute atomic E-state index is 0.135. The Morgan fingerprint density at radius 1 is 1.25 bits per heavy atom. The van der Waals surface area contributed by atoms with Crippen LogP contribution >= 0.6 is 0 Å². The average Bonchev–Trinajstić information content (AvgIpc) is 2.78. The highest BCUT2D eigenvalue weighted by atomic mass is 16.6. The molecule has 130 valence electrons. The second-order valence-corrected chi connectivity index (χ2v) is 5.98. The molecule has 8 heteroatoms. The Balaban J connectivity index is 1.99. The van der Waals surface area contributed by atoms with E-state index < -0.39 is 16.9 Å². The maximum absolute atomic E-state index is 12.5. The topological polar surface area (TPSA) is 95.8 Å². The van der Waals surface area contributed by atoms with Gasteiger partial charge in [0.2, 0.25) is 5.91 Å². The lowest BCUT2D eigenvalue weighted by atomic mass is 10.1. The lowest BCUT2D eigenvalue weighted by molar-refractivity contribution is -0.384. The standard InChI is InChI=1S/C16H22N4O4/c1-12(16(22)19-8-4-7-18(2)9-10-19)17-15(21)13-5-3-6-14(11-13)20(23)24/h3,5-6,11-12H,4,7-10H2,1-2H3,(H,17,21). The van der Waals surface area contributed by atoms with E-state index in [-0.39, 0.29) is 17.2 Å². The first-order chi connectivity index (χ1) is 11.4. The van der Waals surface area contributed by atoms with E-state index >= 15 is 0 Å². The molecule has 1 fully saturated rings. The molecule has 1 saturated heterocycles. The van der Waals surface area contributed by atoms with Crippen molar-refractivity contribution < 1.29 is 14.5 Å². The molecule has 1 atom stereocenters. The monoisotopic (exact) mass is 334 g/mol. The number of likely N-dealkylation sites (N-methyl/N-ethyl adjacent to an activating group) is 1. The van der Waals surface area contributed by atoms with Gasteiger partial charge in [-0.05, 0) is 33.0 Å². The smallest absolute Gasteiger partial charge is 0.270 e. The summed E-state index contributed by atoms with van der Waals surface area (Å²) < 4.78 is 0. The van der Waals surface area contributed by atoms with E-state index in [2.05, 4.69) is 10.2 Å². The van der Waals surface area contributed by atoms with E-state index in [1.807, 2.05) is 7.05 Å². The molecule has 0 spiro atoms. The van der Waals surface area contributed by atoms with Gasteiger partial charge >= 0.3 is 0 Å². The van der Waals surface area contributed by atoms with Crippen molar-refractivity contribution >= 4 is 17.5 Å². The highest BCUT2D eigenvalue weighted by Crippen LogP contribution is 2.13. The number of non-ortho nitro benzene ring substituents is 1. The fourth-order valence-corrected chi connectivity index (χ4v) is 2.64. The molecule has 0 radical (unpaired) electrons. The fraction of sp³-hybridized carbons (Fsp3) is 0.500. The molecule has 1 aromatic carbocycles. The summed E-state index contributed by atoms with van der Waals surface area (Å²) in [6.45, 7) is 4.67. The van der Waals surface area contributed by atoms with Gasteiger partial charge in [0, 0.05) is 37.3 Å². The Hall–Kier alpha value is -2.48. The van der Waals surface area contributed by atoms with Crippen molar-refractivity contribution in [2.24, 2.45) is 0 Å². The van der Waals surface area contributed by atoms with E-state index in [0.717, 1.165) is 19.5 Å². The number of amides is 2. The zero-order valence-corrected chi connectivity index (χ0v) is 13.9. The molecule has 1 aliphatic rings. The van der Waals surface area contributed by atoms with Crippen LogP contribution in [0.15, 0.2) is 24.3 Å². The number of nitro groups is 1. The van der Waals surface area contributed by atoms with Gasteiger partial charge in [-0.2, -0.15) is 0 Å². The molecule has 1 aromatic rings. The molecule has 1 N–H and O–H groups in total. The maximum atomic E-state index is 12.5. The molecule has 8 nitrogen and oxygen atoms in total. The van der Waals surface area contributed by atoms with E-state index in [1.165, 1.54) is 24.3 Å². The molecule has 0 bridgehead atoms. The number of benzene rings is 1. The largest absolute Gasteiger partial charge is 0.341 e. The van der Waals surface area contributed by atoms with Gasteiger partial charge in [-0.1, -0.05) is 6.07 Å². The third-order valence-corrected chi connectivity index (χ3v) is 4.07. The summed E-state index contributed by atoms with van der Waals surface area (Å²) in [4.78, 5) is 38.9. The SMILES string of the molecule is CC(NC(=O)c1cccc([N+](=O)[O-])c1)C(=O)N1CCCN(C)CC1. The van der Waals surface area contributed by atoms with E-state index in [0.29, 0.717) is 13.1 Å². The third-order valence-electron chi connectivity index (χ3n) is 4.07. The third kappa shape index (κ3) is 4.51. The van der Waals surface area contributed by atoms with Crippen LogP contribution in [-0.4, -0.2) is 65.8 Å². The molecule has 2 amide bonds. The van der Waals surface area contributed by atoms with Gasteiger partial charge in [0.1, 0.15) is 6.04 Å². The van der Waals surface area contributed by atoms with Crippen LogP contribution in [0.1, 0.15) is 23.7 Å². The lowest BCUT2D eigenvalue weighted by Gasteiger charge is -2.24. The van der Waals surface area contributed by atoms with Crippen molar-refractivity contribution in [2.75, 3.05) is 33.2 Å². The number of carbonyl (C=O) groups excluding carboxylic acids is 2. The molecule has 0 saturated carbocycles. The number of nitrogens with zero attached hydrogens (tertiary/aromatic N) is 3. The van der Waals surface area contributed by atoms with Crippen molar-refractivity contribution in [3.63, 3.8) is 0 Å². The maximum Gasteiger partial charge on any atom is 0.270 e. The quantitative estimate of drug-likeness (QED) is 0.651. The molecule has 24 heavy (non-hydrogen) atoms. The normalized spacial score (nSPS) is 17.0. The first-order valence-electron chi connectivity index (χ1n) is 7.91. The van der Waals surface area contributed by atoms with Crippen LogP contribution in [0.2, 0.25) is 0 Å². The second kappa shape index (κ2) is 7.87. The molecule has 0 aliphatic carbocycles. The zero-order chi connectivity index (χ0) is 17.7. The summed E-state index contributed by atoms with van der Waals surface area (Å²) in [6, 6.07) is 4.78. The van der Waals surface area contributed by atoms with Gasteiger partial charge in [-0.25, -0.2) is 0 Å². The van der Waals surface area contributed by atoms with E-state index in [1.54, 1.807) is 11.8 Å². The summed E-state index contributed by atoms with van der Waals surface area (Å²) >= 11 is 0. The molecule has 2 rings (SSSR count). The Labute approximate surface area is 140 Å². The minimum Gasteiger partial charge on any atom is -0.341 e. The van der Waals surface area contributed by atoms with Crippen molar-refractivity contribution in [1.82, 2.24) is 15.1 Å². The molecule has 1 heterocycles. The van der Waals surface area contributed by atoms with Gasteiger partial charge in [0.05, 0.1) is 4.92 Å². The molecular formula is C16H22N4O4. The van der Waals surface area contributed by atoms with Crippen LogP contribution in [0.25, 0.3) is 0 Å². The number of hydrogen-bond acceptors (Lipinski definition) is 5. The Morgan fingerprint density at radius 2 is 2.00 bits per heavy atom. The van der Waals surface area contributed by atoms with Gasteiger partial charge in [0.15, 0.2) is 0 Å². The number of hydrogen-bond donors (Lipinski definition) is 1. The summed E-state index contributed by atoms with van der Waals surface area (Å²) in [5.41, 5.74) is 0.0108. The van der Waals surface area contributed by atoms with E-state index in [4.69, 9.17) is 0 Å². The van der Waals surface area contributed by atoms with Crippen molar-refractivity contribution in [3.8, 4) is 0 Å².